The Morgan fingerprint density at radius 2 is 0.681 bits per heavy atom. The quantitative estimate of drug-likeness (QED) is 0.0591. The fraction of sp³-hybridized carbons (Fsp3) is 0.778. The Labute approximate surface area is 346 Å². The molecule has 0 aliphatic heterocycles. The van der Waals surface area contributed by atoms with Crippen LogP contribution in [0.4, 0.5) is 0 Å². The maximum atomic E-state index is 11.2. The molecule has 0 radical (unpaired) electrons. The van der Waals surface area contributed by atoms with Crippen molar-refractivity contribution in [1.29, 1.82) is 0 Å². The van der Waals surface area contributed by atoms with Crippen molar-refractivity contribution in [2.45, 2.75) is 79.1 Å². The van der Waals surface area contributed by atoms with Crippen LogP contribution in [0.3, 0.4) is 0 Å². The van der Waals surface area contributed by atoms with Gasteiger partial charge < -0.3 is 76.3 Å². The molecule has 9 N–H and O–H groups in total. The van der Waals surface area contributed by atoms with Gasteiger partial charge in [0.2, 0.25) is 17.7 Å². The third-order valence-corrected chi connectivity index (χ3v) is 6.07. The van der Waals surface area contributed by atoms with Crippen LogP contribution in [0.15, 0.2) is 0 Å². The summed E-state index contributed by atoms with van der Waals surface area (Å²) in [5, 5.41) is 91.9. The molecular formula is C27H48CaKN3O15. The summed E-state index contributed by atoms with van der Waals surface area (Å²) >= 11 is 0. The summed E-state index contributed by atoms with van der Waals surface area (Å²) in [5.74, 6) is -5.91. The molecule has 0 unspecified atom stereocenters. The Balaban J connectivity index is -0.000000184. The van der Waals surface area contributed by atoms with E-state index in [0.717, 1.165) is 0 Å². The molecule has 20 heteroatoms. The van der Waals surface area contributed by atoms with Gasteiger partial charge >= 0.3 is 89.1 Å². The van der Waals surface area contributed by atoms with E-state index < -0.39 is 70.2 Å². The van der Waals surface area contributed by atoms with Gasteiger partial charge in [-0.1, -0.05) is 41.5 Å². The monoisotopic (exact) mass is 733 g/mol. The first-order valence-electron chi connectivity index (χ1n) is 13.7. The zero-order valence-corrected chi connectivity index (χ0v) is 33.5. The van der Waals surface area contributed by atoms with E-state index in [4.69, 9.17) is 15.3 Å². The van der Waals surface area contributed by atoms with Crippen molar-refractivity contribution in [1.82, 2.24) is 16.0 Å². The Bertz CT molecular complexity index is 849. The first-order chi connectivity index (χ1) is 20.4. The van der Waals surface area contributed by atoms with Crippen LogP contribution in [0.5, 0.6) is 0 Å². The summed E-state index contributed by atoms with van der Waals surface area (Å²) in [6.07, 6.45) is -5.04. The van der Waals surface area contributed by atoms with E-state index in [-0.39, 0.29) is 148 Å². The first kappa shape index (κ1) is 55.9. The normalized spacial score (nSPS) is 12.8. The molecule has 0 heterocycles. The molecule has 264 valence electrons. The molecule has 47 heavy (non-hydrogen) atoms. The van der Waals surface area contributed by atoms with Crippen molar-refractivity contribution >= 4 is 73.4 Å². The molecule has 0 saturated heterocycles. The van der Waals surface area contributed by atoms with Gasteiger partial charge in [0.25, 0.3) is 0 Å². The smallest absolute Gasteiger partial charge is 0.550 e. The molecule has 0 aliphatic carbocycles. The van der Waals surface area contributed by atoms with Crippen LogP contribution in [0.2, 0.25) is 0 Å². The molecule has 0 aromatic rings. The number of carbonyl (C=O) groups excluding carboxylic acids is 6. The number of aliphatic hydroxyl groups is 6. The number of nitrogens with one attached hydrogen (secondary N) is 3. The van der Waals surface area contributed by atoms with Crippen LogP contribution in [-0.2, 0) is 28.8 Å². The number of carboxylic acid groups (broad SMARTS) is 3. The van der Waals surface area contributed by atoms with Gasteiger partial charge in [0.15, 0.2) is 0 Å². The predicted octanol–water partition coefficient (Wildman–Crippen LogP) is -10.5. The number of hydrogen-bond donors (Lipinski definition) is 9. The Morgan fingerprint density at radius 3 is 0.809 bits per heavy atom. The second-order valence-corrected chi connectivity index (χ2v) is 11.9. The zero-order chi connectivity index (χ0) is 36.2. The maximum absolute atomic E-state index is 11.2. The van der Waals surface area contributed by atoms with E-state index in [1.54, 1.807) is 0 Å². The molecule has 0 fully saturated rings. The molecule has 18 nitrogen and oxygen atoms in total. The van der Waals surface area contributed by atoms with Gasteiger partial charge in [-0.25, -0.2) is 0 Å². The fourth-order valence-electron chi connectivity index (χ4n) is 2.48. The molecule has 0 bridgehead atoms. The largest absolute Gasteiger partial charge is 2.00 e. The fourth-order valence-corrected chi connectivity index (χ4v) is 2.48. The van der Waals surface area contributed by atoms with E-state index >= 15 is 0 Å². The number of rotatable bonds is 18. The van der Waals surface area contributed by atoms with Crippen molar-refractivity contribution in [2.75, 3.05) is 39.5 Å². The molecule has 0 spiro atoms. The summed E-state index contributed by atoms with van der Waals surface area (Å²) in [6, 6.07) is 0. The van der Waals surface area contributed by atoms with Crippen LogP contribution in [0.25, 0.3) is 0 Å². The molecule has 0 aromatic heterocycles. The standard InChI is InChI=1S/3C9H17NO5.Ca.K/c3*1-9(2,5-11)7(14)8(15)10-4-3-6(12)13;;/h3*7,11,14H,3-5H2,1-2H3,(H,10,15)(H,12,13);;/q;;;+2;+1/p-3/t3*7-;;/m000../s1. The minimum Gasteiger partial charge on any atom is -0.550 e. The van der Waals surface area contributed by atoms with Gasteiger partial charge in [-0.05, 0) is 0 Å². The van der Waals surface area contributed by atoms with Crippen molar-refractivity contribution in [3.63, 3.8) is 0 Å². The number of hydrogen-bond acceptors (Lipinski definition) is 15. The van der Waals surface area contributed by atoms with E-state index in [2.05, 4.69) is 16.0 Å². The van der Waals surface area contributed by atoms with Gasteiger partial charge in [-0.3, -0.25) is 14.4 Å². The van der Waals surface area contributed by atoms with E-state index in [0.29, 0.717) is 0 Å². The van der Waals surface area contributed by atoms with E-state index in [1.807, 2.05) is 0 Å². The molecule has 0 saturated carbocycles. The summed E-state index contributed by atoms with van der Waals surface area (Å²) in [7, 11) is 0. The number of carbonyl (C=O) groups is 6. The Hall–Kier alpha value is -0.524. The van der Waals surface area contributed by atoms with Crippen LogP contribution in [0, 0.1) is 16.2 Å². The number of aliphatic hydroxyl groups excluding tert-OH is 6. The third-order valence-electron chi connectivity index (χ3n) is 6.07. The number of aliphatic carboxylic acids is 3. The van der Waals surface area contributed by atoms with Gasteiger partial charge in [0.05, 0.1) is 19.8 Å². The first-order valence-corrected chi connectivity index (χ1v) is 13.7. The minimum atomic E-state index is -1.37. The molecule has 0 aliphatic rings. The zero-order valence-electron chi connectivity index (χ0n) is 28.2. The molecule has 0 aromatic carbocycles. The van der Waals surface area contributed by atoms with Crippen molar-refractivity contribution < 1.29 is 126 Å². The predicted molar refractivity (Wildman–Crippen MR) is 154 cm³/mol. The average Bonchev–Trinajstić information content (AvgIpc) is 2.95. The topological polar surface area (TPSA) is 329 Å². The Kier molecular flexibility index (Phi) is 33.5. The summed E-state index contributed by atoms with van der Waals surface area (Å²) < 4.78 is 0. The summed E-state index contributed by atoms with van der Waals surface area (Å²) in [4.78, 5) is 63.8. The van der Waals surface area contributed by atoms with Gasteiger partial charge in [-0.15, -0.1) is 0 Å². The third kappa shape index (κ3) is 26.9. The van der Waals surface area contributed by atoms with Crippen LogP contribution in [-0.4, -0.2) is 162 Å². The van der Waals surface area contributed by atoms with Gasteiger partial charge in [0.1, 0.15) is 18.3 Å². The Morgan fingerprint density at radius 1 is 0.511 bits per heavy atom. The summed E-state index contributed by atoms with van der Waals surface area (Å²) in [5.41, 5.74) is -2.86. The van der Waals surface area contributed by atoms with Gasteiger partial charge in [-0.2, -0.15) is 0 Å². The molecule has 3 atom stereocenters. The van der Waals surface area contributed by atoms with Crippen molar-refractivity contribution in [2.24, 2.45) is 16.2 Å². The number of carboxylic acids is 3. The van der Waals surface area contributed by atoms with Crippen LogP contribution >= 0.6 is 0 Å². The van der Waals surface area contributed by atoms with Crippen molar-refractivity contribution in [3.05, 3.63) is 0 Å². The maximum Gasteiger partial charge on any atom is 2.00 e. The molecular weight excluding hydrogens is 685 g/mol. The van der Waals surface area contributed by atoms with Crippen molar-refractivity contribution in [3.8, 4) is 0 Å². The van der Waals surface area contributed by atoms with Crippen LogP contribution in [0.1, 0.15) is 60.8 Å². The molecule has 0 rings (SSSR count). The SMILES string of the molecule is CC(C)(CO)[C@@H](O)C(=O)NCCC(=O)[O-].CC(C)(CO)[C@@H](O)C(=O)NCCC(=O)[O-].CC(C)(CO)[C@@H](O)C(=O)NCCC(=O)[O-].[Ca+2].[K+]. The second-order valence-electron chi connectivity index (χ2n) is 11.9. The van der Waals surface area contributed by atoms with E-state index in [1.165, 1.54) is 41.5 Å². The van der Waals surface area contributed by atoms with E-state index in [9.17, 15) is 59.4 Å². The van der Waals surface area contributed by atoms with Crippen LogP contribution < -0.4 is 82.7 Å². The minimum absolute atomic E-state index is 0. The molecule has 3 amide bonds. The number of amides is 3. The van der Waals surface area contributed by atoms with Gasteiger partial charge in [0, 0.05) is 73.0 Å². The summed E-state index contributed by atoms with van der Waals surface area (Å²) in [6.45, 7) is 7.81. The average molecular weight is 734 g/mol. The second kappa shape index (κ2) is 28.2.